The Balaban J connectivity index is 0.000000683. The number of amidine groups is 1. The number of aliphatic imine (C=N–C) groups is 1. The number of unbranched alkanes of at least 4 members (excludes halogenated alkanes) is 3. The van der Waals surface area contributed by atoms with Gasteiger partial charge in [-0.2, -0.15) is 0 Å². The van der Waals surface area contributed by atoms with Gasteiger partial charge in [0.25, 0.3) is 0 Å². The van der Waals surface area contributed by atoms with Crippen molar-refractivity contribution in [2.24, 2.45) is 10.4 Å². The second kappa shape index (κ2) is 22.0. The van der Waals surface area contributed by atoms with Crippen LogP contribution in [-0.2, 0) is 4.57 Å². The van der Waals surface area contributed by atoms with Crippen LogP contribution in [0.5, 0.6) is 0 Å². The van der Waals surface area contributed by atoms with Crippen LogP contribution >= 0.6 is 7.14 Å². The molecule has 0 radical (unpaired) electrons. The Labute approximate surface area is 352 Å². The molecule has 8 heteroatoms. The number of nitrogens with zero attached hydrogens (tertiary/aromatic N) is 3. The molecule has 0 heterocycles. The molecule has 0 aliphatic heterocycles. The summed E-state index contributed by atoms with van der Waals surface area (Å²) in [4.78, 5) is 5.05. The summed E-state index contributed by atoms with van der Waals surface area (Å²) in [5, 5.41) is 7.40. The van der Waals surface area contributed by atoms with Gasteiger partial charge in [0.15, 0.2) is 7.14 Å². The fourth-order valence-corrected chi connectivity index (χ4v) is 16.4. The van der Waals surface area contributed by atoms with Crippen molar-refractivity contribution in [3.05, 3.63) is 124 Å². The van der Waals surface area contributed by atoms with Crippen molar-refractivity contribution >= 4 is 56.7 Å². The van der Waals surface area contributed by atoms with Crippen LogP contribution in [-0.4, -0.2) is 22.3 Å². The number of aryl methyl sites for hydroxylation is 2. The summed E-state index contributed by atoms with van der Waals surface area (Å²) in [6, 6.07) is 33.4. The Morgan fingerprint density at radius 2 is 1.06 bits per heavy atom. The standard InChI is InChI=1S/C31H32N2OP.C6H18NSi2.C6H14.Yb/c1-23-15-14-16-24(2)29(23)33-30(31(3,4)5)32-27-21-12-13-22-28(27)35(34,25-17-8-6-9-18-25)26-19-10-7-11-20-26;1-8(2,3)7-9(4,5)6;1-3-5-6-4-2;/h6-22H,1-5H3;1-6H3;3-6H2,1-2H3;/q2*-1;;+2. The monoisotopic (exact) mass is 899 g/mol. The van der Waals surface area contributed by atoms with Crippen LogP contribution in [0.25, 0.3) is 9.96 Å². The second-order valence-corrected chi connectivity index (χ2v) is 28.3. The van der Waals surface area contributed by atoms with E-state index in [9.17, 15) is 0 Å². The van der Waals surface area contributed by atoms with Gasteiger partial charge >= 0.3 is 46.9 Å². The zero-order chi connectivity index (χ0) is 37.6. The van der Waals surface area contributed by atoms with Gasteiger partial charge in [0.2, 0.25) is 0 Å². The fourth-order valence-electron chi connectivity index (χ4n) is 5.60. The van der Waals surface area contributed by atoms with Crippen molar-refractivity contribution in [2.45, 2.75) is 113 Å². The molecule has 51 heavy (non-hydrogen) atoms. The van der Waals surface area contributed by atoms with Crippen molar-refractivity contribution in [3.63, 3.8) is 0 Å². The molecule has 0 atom stereocenters. The van der Waals surface area contributed by atoms with E-state index in [1.165, 1.54) is 25.7 Å². The first-order chi connectivity index (χ1) is 23.3. The summed E-state index contributed by atoms with van der Waals surface area (Å²) in [5.74, 6) is 0.704. The maximum absolute atomic E-state index is 15.0. The van der Waals surface area contributed by atoms with E-state index in [1.54, 1.807) is 0 Å². The molecule has 4 rings (SSSR count). The molecule has 0 aromatic heterocycles. The molecule has 4 aromatic carbocycles. The molecular weight excluding hydrogens is 835 g/mol. The molecule has 4 nitrogen and oxygen atoms in total. The van der Waals surface area contributed by atoms with Crippen LogP contribution in [0.3, 0.4) is 0 Å². The number of hydrogen-bond acceptors (Lipinski definition) is 2. The molecule has 0 bridgehead atoms. The molecular formula is C43H64N3OPSi2Yb. The van der Waals surface area contributed by atoms with E-state index in [1.807, 2.05) is 91.0 Å². The average molecular weight is 899 g/mol. The van der Waals surface area contributed by atoms with E-state index < -0.39 is 23.6 Å². The third-order valence-corrected chi connectivity index (χ3v) is 16.1. The second-order valence-electron chi connectivity index (χ2n) is 16.0. The van der Waals surface area contributed by atoms with Crippen LogP contribution in [0, 0.1) is 66.2 Å². The molecule has 284 valence electrons. The Morgan fingerprint density at radius 3 is 1.43 bits per heavy atom. The van der Waals surface area contributed by atoms with E-state index in [0.29, 0.717) is 11.5 Å². The number of rotatable bonds is 10. The summed E-state index contributed by atoms with van der Waals surface area (Å²) in [7, 11) is -5.38. The first-order valence-corrected chi connectivity index (χ1v) is 26.9. The van der Waals surface area contributed by atoms with Crippen molar-refractivity contribution in [3.8, 4) is 0 Å². The average Bonchev–Trinajstić information content (AvgIpc) is 3.04. The molecule has 0 aliphatic carbocycles. The SMILES string of the molecule is CCCCCC.C[Si](C)(C)[N-][Si](C)(C)C.Cc1cccc(C)c1N=C([N-]c1ccccc1P(=O)(c1ccccc1)c1ccccc1)C(C)(C)C.[Yb+2]. The minimum atomic E-state index is -3.17. The predicted octanol–water partition coefficient (Wildman–Crippen LogP) is 13.3. The molecule has 0 unspecified atom stereocenters. The first-order valence-electron chi connectivity index (χ1n) is 18.3. The van der Waals surface area contributed by atoms with E-state index >= 15 is 4.57 Å². The maximum atomic E-state index is 15.0. The topological polar surface area (TPSA) is 57.6 Å². The van der Waals surface area contributed by atoms with Gasteiger partial charge in [0.05, 0.1) is 0 Å². The van der Waals surface area contributed by atoms with Crippen LogP contribution in [0.15, 0.2) is 108 Å². The maximum Gasteiger partial charge on any atom is 2.00 e. The Kier molecular flexibility index (Phi) is 20.5. The predicted molar refractivity (Wildman–Crippen MR) is 231 cm³/mol. The number of benzene rings is 4. The van der Waals surface area contributed by atoms with E-state index in [-0.39, 0.29) is 52.3 Å². The van der Waals surface area contributed by atoms with Gasteiger partial charge in [-0.15, -0.1) is 0 Å². The quantitative estimate of drug-likeness (QED) is 0.0514. The molecule has 0 saturated carbocycles. The third-order valence-electron chi connectivity index (χ3n) is 7.64. The van der Waals surface area contributed by atoms with Crippen molar-refractivity contribution in [1.29, 1.82) is 0 Å². The van der Waals surface area contributed by atoms with Gasteiger partial charge in [0, 0.05) is 15.9 Å². The molecule has 4 aromatic rings. The van der Waals surface area contributed by atoms with Gasteiger partial charge in [-0.3, -0.25) is 0 Å². The summed E-state index contributed by atoms with van der Waals surface area (Å²) in [6.45, 7) is 28.7. The largest absolute Gasteiger partial charge is 2.00 e. The number of para-hydroxylation sites is 2. The van der Waals surface area contributed by atoms with Crippen molar-refractivity contribution in [1.82, 2.24) is 0 Å². The summed E-state index contributed by atoms with van der Waals surface area (Å²) in [6.07, 6.45) is 5.54. The van der Waals surface area contributed by atoms with Gasteiger partial charge in [-0.25, -0.2) is 0 Å². The molecule has 0 N–H and O–H groups in total. The van der Waals surface area contributed by atoms with E-state index in [4.69, 9.17) is 15.0 Å². The Morgan fingerprint density at radius 1 is 0.647 bits per heavy atom. The zero-order valence-corrected chi connectivity index (χ0v) is 38.2. The smallest absolute Gasteiger partial charge is 0.668 e. The third kappa shape index (κ3) is 16.2. The summed E-state index contributed by atoms with van der Waals surface area (Å²) < 4.78 is 19.9. The molecule has 0 saturated heterocycles. The normalized spacial score (nSPS) is 12.1. The van der Waals surface area contributed by atoms with Gasteiger partial charge < -0.3 is 19.5 Å². The van der Waals surface area contributed by atoms with Gasteiger partial charge in [-0.1, -0.05) is 225 Å². The van der Waals surface area contributed by atoms with Crippen molar-refractivity contribution < 1.29 is 51.5 Å². The molecule has 0 spiro atoms. The van der Waals surface area contributed by atoms with Crippen LogP contribution in [0.1, 0.15) is 71.4 Å². The van der Waals surface area contributed by atoms with E-state index in [0.717, 1.165) is 32.7 Å². The zero-order valence-electron chi connectivity index (χ0n) is 33.6. The van der Waals surface area contributed by atoms with Crippen LogP contribution in [0.2, 0.25) is 39.3 Å². The fraction of sp³-hybridized carbons (Fsp3) is 0.419. The van der Waals surface area contributed by atoms with Gasteiger partial charge in [0.1, 0.15) is 0 Å². The van der Waals surface area contributed by atoms with Crippen LogP contribution < -0.4 is 15.9 Å². The Hall–Kier alpha value is -1.51. The van der Waals surface area contributed by atoms with E-state index in [2.05, 4.69) is 99.9 Å². The summed E-state index contributed by atoms with van der Waals surface area (Å²) in [5.41, 5.74) is 3.52. The molecule has 0 aliphatic rings. The summed E-state index contributed by atoms with van der Waals surface area (Å²) >= 11 is 0. The van der Waals surface area contributed by atoms with Crippen molar-refractivity contribution in [2.75, 3.05) is 0 Å². The minimum Gasteiger partial charge on any atom is -0.668 e. The molecule has 0 fully saturated rings. The van der Waals surface area contributed by atoms with Crippen LogP contribution in [0.4, 0.5) is 11.4 Å². The minimum absolute atomic E-state index is 0. The Bertz CT molecular complexity index is 1600. The van der Waals surface area contributed by atoms with Gasteiger partial charge in [-0.05, 0) is 41.8 Å². The number of hydrogen-bond donors (Lipinski definition) is 0. The first kappa shape index (κ1) is 47.5. The molecule has 0 amide bonds.